The van der Waals surface area contributed by atoms with Gasteiger partial charge in [-0.15, -0.1) is 10.2 Å². The first-order valence-electron chi connectivity index (χ1n) is 3.48. The monoisotopic (exact) mass is 187 g/mol. The first-order chi connectivity index (χ1) is 6.06. The van der Waals surface area contributed by atoms with Crippen LogP contribution in [0.4, 0.5) is 13.2 Å². The molecule has 0 saturated heterocycles. The number of pyridine rings is 1. The predicted molar refractivity (Wildman–Crippen MR) is 36.8 cm³/mol. The molecule has 0 fully saturated rings. The Bertz CT molecular complexity index is 338. The largest absolute Gasteiger partial charge is 0.443 e. The van der Waals surface area contributed by atoms with Crippen molar-refractivity contribution in [1.29, 1.82) is 0 Å². The molecular formula is C7H4F3N3. The summed E-state index contributed by atoms with van der Waals surface area (Å²) < 4.78 is 37.1. The number of hydrogen-bond donors (Lipinski definition) is 0. The molecule has 0 saturated carbocycles. The van der Waals surface area contributed by atoms with Crippen LogP contribution in [0.3, 0.4) is 0 Å². The maximum Gasteiger partial charge on any atom is 0.443 e. The average Bonchev–Trinajstić information content (AvgIpc) is 2.84. The maximum atomic E-state index is 12.4. The van der Waals surface area contributed by atoms with Gasteiger partial charge in [0.15, 0.2) is 0 Å². The van der Waals surface area contributed by atoms with Crippen molar-refractivity contribution in [2.24, 2.45) is 10.2 Å². The van der Waals surface area contributed by atoms with E-state index in [4.69, 9.17) is 0 Å². The van der Waals surface area contributed by atoms with Gasteiger partial charge in [0, 0.05) is 6.20 Å². The van der Waals surface area contributed by atoms with Crippen LogP contribution in [0.1, 0.15) is 5.69 Å². The van der Waals surface area contributed by atoms with Gasteiger partial charge in [-0.3, -0.25) is 4.98 Å². The van der Waals surface area contributed by atoms with Crippen molar-refractivity contribution in [2.75, 3.05) is 0 Å². The van der Waals surface area contributed by atoms with E-state index >= 15 is 0 Å². The molecule has 0 N–H and O–H groups in total. The van der Waals surface area contributed by atoms with E-state index in [2.05, 4.69) is 15.2 Å². The molecule has 6 heteroatoms. The number of aromatic nitrogens is 1. The van der Waals surface area contributed by atoms with E-state index < -0.39 is 11.8 Å². The normalized spacial score (nSPS) is 18.7. The quantitative estimate of drug-likeness (QED) is 0.664. The van der Waals surface area contributed by atoms with Gasteiger partial charge in [0.25, 0.3) is 0 Å². The molecule has 0 atom stereocenters. The molecular weight excluding hydrogens is 183 g/mol. The highest BCUT2D eigenvalue weighted by atomic mass is 19.4. The van der Waals surface area contributed by atoms with Gasteiger partial charge in [0.2, 0.25) is 0 Å². The van der Waals surface area contributed by atoms with Crippen LogP contribution in [0, 0.1) is 0 Å². The summed E-state index contributed by atoms with van der Waals surface area (Å²) in [5.74, 6) is 0. The lowest BCUT2D eigenvalue weighted by molar-refractivity contribution is -0.167. The molecule has 13 heavy (non-hydrogen) atoms. The summed E-state index contributed by atoms with van der Waals surface area (Å²) in [5.41, 5.74) is -2.56. The summed E-state index contributed by atoms with van der Waals surface area (Å²) in [6, 6.07) is 4.27. The van der Waals surface area contributed by atoms with Gasteiger partial charge in [-0.25, -0.2) is 0 Å². The van der Waals surface area contributed by atoms with E-state index in [1.165, 1.54) is 24.4 Å². The summed E-state index contributed by atoms with van der Waals surface area (Å²) in [4.78, 5) is 3.57. The summed E-state index contributed by atoms with van der Waals surface area (Å²) in [5, 5.41) is 6.03. The van der Waals surface area contributed by atoms with Crippen molar-refractivity contribution in [2.45, 2.75) is 11.8 Å². The highest BCUT2D eigenvalue weighted by Gasteiger charge is 2.66. The molecule has 1 aliphatic heterocycles. The first kappa shape index (κ1) is 8.15. The third-order valence-electron chi connectivity index (χ3n) is 1.72. The average molecular weight is 187 g/mol. The SMILES string of the molecule is FC(F)(F)C1(c2ccccn2)N=N1. The molecule has 0 aliphatic carbocycles. The number of nitrogens with zero attached hydrogens (tertiary/aromatic N) is 3. The Morgan fingerprint density at radius 1 is 1.15 bits per heavy atom. The minimum Gasteiger partial charge on any atom is -0.256 e. The fourth-order valence-corrected chi connectivity index (χ4v) is 0.980. The minimum atomic E-state index is -4.48. The number of hydrogen-bond acceptors (Lipinski definition) is 3. The third-order valence-corrected chi connectivity index (χ3v) is 1.72. The van der Waals surface area contributed by atoms with Crippen molar-refractivity contribution >= 4 is 0 Å². The highest BCUT2D eigenvalue weighted by Crippen LogP contribution is 2.51. The fourth-order valence-electron chi connectivity index (χ4n) is 0.980. The van der Waals surface area contributed by atoms with Gasteiger partial charge in [-0.2, -0.15) is 13.2 Å². The zero-order valence-corrected chi connectivity index (χ0v) is 6.28. The molecule has 1 aliphatic rings. The van der Waals surface area contributed by atoms with Crippen molar-refractivity contribution in [3.05, 3.63) is 30.1 Å². The van der Waals surface area contributed by atoms with Crippen molar-refractivity contribution in [3.63, 3.8) is 0 Å². The standard InChI is InChI=1S/C7H4F3N3/c8-7(9,10)6(12-13-6)5-3-1-2-4-11-5/h1-4H. The topological polar surface area (TPSA) is 37.6 Å². The van der Waals surface area contributed by atoms with Crippen molar-refractivity contribution in [3.8, 4) is 0 Å². The molecule has 0 bridgehead atoms. The predicted octanol–water partition coefficient (Wildman–Crippen LogP) is 2.26. The molecule has 0 radical (unpaired) electrons. The van der Waals surface area contributed by atoms with Gasteiger partial charge in [-0.1, -0.05) is 6.07 Å². The van der Waals surface area contributed by atoms with E-state index in [-0.39, 0.29) is 5.69 Å². The molecule has 68 valence electrons. The lowest BCUT2D eigenvalue weighted by atomic mass is 10.1. The first-order valence-corrected chi connectivity index (χ1v) is 3.48. The van der Waals surface area contributed by atoms with Gasteiger partial charge in [0.1, 0.15) is 5.69 Å². The Hall–Kier alpha value is -1.46. The Kier molecular flexibility index (Phi) is 1.43. The molecule has 0 spiro atoms. The molecule has 1 aromatic heterocycles. The van der Waals surface area contributed by atoms with Crippen LogP contribution in [0.2, 0.25) is 0 Å². The zero-order valence-electron chi connectivity index (χ0n) is 6.28. The maximum absolute atomic E-state index is 12.4. The molecule has 1 aromatic rings. The summed E-state index contributed by atoms with van der Waals surface area (Å²) >= 11 is 0. The summed E-state index contributed by atoms with van der Waals surface area (Å²) in [7, 11) is 0. The van der Waals surface area contributed by atoms with Crippen LogP contribution in [-0.4, -0.2) is 11.2 Å². The molecule has 2 heterocycles. The number of rotatable bonds is 1. The lowest BCUT2D eigenvalue weighted by Crippen LogP contribution is -2.30. The van der Waals surface area contributed by atoms with Crippen molar-refractivity contribution < 1.29 is 13.2 Å². The van der Waals surface area contributed by atoms with Crippen LogP contribution in [0.15, 0.2) is 34.6 Å². The van der Waals surface area contributed by atoms with Gasteiger partial charge >= 0.3 is 11.8 Å². The second kappa shape index (κ2) is 2.27. The molecule has 3 nitrogen and oxygen atoms in total. The van der Waals surface area contributed by atoms with E-state index in [9.17, 15) is 13.2 Å². The van der Waals surface area contributed by atoms with Gasteiger partial charge in [-0.05, 0) is 12.1 Å². The van der Waals surface area contributed by atoms with E-state index in [0.29, 0.717) is 0 Å². The second-order valence-electron chi connectivity index (χ2n) is 2.58. The third kappa shape index (κ3) is 1.09. The fraction of sp³-hybridized carbons (Fsp3) is 0.286. The number of alkyl halides is 3. The van der Waals surface area contributed by atoms with Gasteiger partial charge < -0.3 is 0 Å². The molecule has 2 rings (SSSR count). The van der Waals surface area contributed by atoms with Gasteiger partial charge in [0.05, 0.1) is 0 Å². The van der Waals surface area contributed by atoms with Crippen LogP contribution in [0.25, 0.3) is 0 Å². The Morgan fingerprint density at radius 3 is 2.23 bits per heavy atom. The van der Waals surface area contributed by atoms with Crippen LogP contribution in [-0.2, 0) is 5.66 Å². The molecule has 0 aromatic carbocycles. The second-order valence-corrected chi connectivity index (χ2v) is 2.58. The highest BCUT2D eigenvalue weighted by molar-refractivity contribution is 5.22. The van der Waals surface area contributed by atoms with Crippen LogP contribution in [0.5, 0.6) is 0 Å². The zero-order chi connectivity index (χ0) is 9.53. The summed E-state index contributed by atoms with van der Waals surface area (Å²) in [6.45, 7) is 0. The van der Waals surface area contributed by atoms with E-state index in [1.54, 1.807) is 0 Å². The molecule has 0 amide bonds. The Morgan fingerprint density at radius 2 is 1.85 bits per heavy atom. The minimum absolute atomic E-state index is 0.178. The van der Waals surface area contributed by atoms with Crippen LogP contribution >= 0.6 is 0 Å². The smallest absolute Gasteiger partial charge is 0.256 e. The molecule has 0 unspecified atom stereocenters. The van der Waals surface area contributed by atoms with Crippen LogP contribution < -0.4 is 0 Å². The number of halogens is 3. The lowest BCUT2D eigenvalue weighted by Gasteiger charge is -2.12. The van der Waals surface area contributed by atoms with E-state index in [0.717, 1.165) is 0 Å². The van der Waals surface area contributed by atoms with Crippen molar-refractivity contribution in [1.82, 2.24) is 4.98 Å². The Labute approximate surface area is 71.3 Å². The summed E-state index contributed by atoms with van der Waals surface area (Å²) in [6.07, 6.45) is -3.20. The Balaban J connectivity index is 2.38. The van der Waals surface area contributed by atoms with E-state index in [1.807, 2.05) is 0 Å².